The van der Waals surface area contributed by atoms with Gasteiger partial charge in [0.05, 0.1) is 0 Å². The minimum Gasteiger partial charge on any atom is -0.347 e. The van der Waals surface area contributed by atoms with Gasteiger partial charge in [0.25, 0.3) is 0 Å². The maximum Gasteiger partial charge on any atom is 0.133 e. The van der Waals surface area contributed by atoms with Crippen LogP contribution < -0.4 is 0 Å². The molecule has 110 valence electrons. The second kappa shape index (κ2) is 6.10. The van der Waals surface area contributed by atoms with Gasteiger partial charge in [0.1, 0.15) is 10.5 Å². The molecule has 21 heavy (non-hydrogen) atoms. The predicted molar refractivity (Wildman–Crippen MR) is 89.4 cm³/mol. The molecular weight excluding hydrogens is 276 g/mol. The normalized spacial score (nSPS) is 14.6. The summed E-state index contributed by atoms with van der Waals surface area (Å²) in [6.45, 7) is 4.28. The van der Waals surface area contributed by atoms with Crippen LogP contribution in [0.5, 0.6) is 0 Å². The molecule has 1 aliphatic carbocycles. The standard InChI is InChI=1S/C18H22N2S/c1-12-8-13(2)10-14(9-12)11-17-19-16-7-5-3-4-6-15(16)18(21)20-17/h8-10H,3-7,11H2,1-2H3,(H,19,20,21). The van der Waals surface area contributed by atoms with Gasteiger partial charge in [-0.1, -0.05) is 48.0 Å². The highest BCUT2D eigenvalue weighted by Crippen LogP contribution is 2.20. The molecule has 0 saturated carbocycles. The quantitative estimate of drug-likeness (QED) is 0.647. The Kier molecular flexibility index (Phi) is 4.20. The van der Waals surface area contributed by atoms with Crippen molar-refractivity contribution in [1.82, 2.24) is 9.97 Å². The van der Waals surface area contributed by atoms with Crippen molar-refractivity contribution in [2.45, 2.75) is 52.4 Å². The van der Waals surface area contributed by atoms with Crippen molar-refractivity contribution in [3.05, 3.63) is 56.6 Å². The second-order valence-corrected chi connectivity index (χ2v) is 6.57. The molecule has 1 aromatic carbocycles. The Labute approximate surface area is 131 Å². The van der Waals surface area contributed by atoms with E-state index in [1.807, 2.05) is 0 Å². The van der Waals surface area contributed by atoms with E-state index in [9.17, 15) is 0 Å². The molecule has 2 aromatic rings. The first-order chi connectivity index (χ1) is 10.1. The summed E-state index contributed by atoms with van der Waals surface area (Å²) >= 11 is 5.52. The third-order valence-corrected chi connectivity index (χ3v) is 4.50. The van der Waals surface area contributed by atoms with Crippen molar-refractivity contribution in [2.75, 3.05) is 0 Å². The average Bonchev–Trinajstić information content (AvgIpc) is 2.63. The van der Waals surface area contributed by atoms with E-state index in [0.29, 0.717) is 0 Å². The molecule has 3 heteroatoms. The molecule has 0 amide bonds. The Hall–Kier alpha value is -1.48. The zero-order valence-electron chi connectivity index (χ0n) is 12.8. The molecule has 0 bridgehead atoms. The minimum atomic E-state index is 0.810. The number of hydrogen-bond acceptors (Lipinski definition) is 2. The van der Waals surface area contributed by atoms with Crippen LogP contribution in [0.15, 0.2) is 18.2 Å². The van der Waals surface area contributed by atoms with Crippen LogP contribution >= 0.6 is 12.2 Å². The lowest BCUT2D eigenvalue weighted by Gasteiger charge is -2.10. The monoisotopic (exact) mass is 298 g/mol. The van der Waals surface area contributed by atoms with Crippen LogP contribution in [0.25, 0.3) is 0 Å². The lowest BCUT2D eigenvalue weighted by atomic mass is 10.0. The lowest BCUT2D eigenvalue weighted by Crippen LogP contribution is -2.05. The van der Waals surface area contributed by atoms with Crippen molar-refractivity contribution >= 4 is 12.2 Å². The Bertz CT molecular complexity index is 695. The minimum absolute atomic E-state index is 0.810. The number of benzene rings is 1. The number of aromatic amines is 1. The first-order valence-electron chi connectivity index (χ1n) is 7.80. The fraction of sp³-hybridized carbons (Fsp3) is 0.444. The number of hydrogen-bond donors (Lipinski definition) is 1. The molecule has 1 N–H and O–H groups in total. The van der Waals surface area contributed by atoms with Gasteiger partial charge in [0.2, 0.25) is 0 Å². The molecule has 0 unspecified atom stereocenters. The summed E-state index contributed by atoms with van der Waals surface area (Å²) in [5, 5.41) is 0. The molecule has 0 aliphatic heterocycles. The third kappa shape index (κ3) is 3.41. The molecule has 1 aliphatic rings. The number of aryl methyl sites for hydroxylation is 3. The fourth-order valence-electron chi connectivity index (χ4n) is 3.30. The van der Waals surface area contributed by atoms with E-state index < -0.39 is 0 Å². The Balaban J connectivity index is 1.94. The van der Waals surface area contributed by atoms with Crippen molar-refractivity contribution in [3.8, 4) is 0 Å². The van der Waals surface area contributed by atoms with Gasteiger partial charge < -0.3 is 4.98 Å². The van der Waals surface area contributed by atoms with Gasteiger partial charge in [-0.3, -0.25) is 0 Å². The van der Waals surface area contributed by atoms with Crippen LogP contribution in [0.4, 0.5) is 0 Å². The van der Waals surface area contributed by atoms with Gasteiger partial charge in [-0.05, 0) is 45.1 Å². The SMILES string of the molecule is Cc1cc(C)cc(Cc2nc(=S)c3c([nH]2)CCCCC3)c1. The zero-order valence-corrected chi connectivity index (χ0v) is 13.6. The Morgan fingerprint density at radius 3 is 2.52 bits per heavy atom. The third-order valence-electron chi connectivity index (χ3n) is 4.16. The predicted octanol–water partition coefficient (Wildman–Crippen LogP) is 4.62. The first-order valence-corrected chi connectivity index (χ1v) is 8.21. The topological polar surface area (TPSA) is 28.7 Å². The van der Waals surface area contributed by atoms with Gasteiger partial charge >= 0.3 is 0 Å². The van der Waals surface area contributed by atoms with Crippen LogP contribution in [0.2, 0.25) is 0 Å². The number of rotatable bonds is 2. The maximum atomic E-state index is 5.52. The van der Waals surface area contributed by atoms with E-state index in [2.05, 4.69) is 42.0 Å². The van der Waals surface area contributed by atoms with Crippen LogP contribution in [-0.4, -0.2) is 9.97 Å². The molecule has 0 atom stereocenters. The highest BCUT2D eigenvalue weighted by molar-refractivity contribution is 7.71. The summed E-state index contributed by atoms with van der Waals surface area (Å²) in [5.74, 6) is 1.01. The second-order valence-electron chi connectivity index (χ2n) is 6.18. The molecule has 1 aromatic heterocycles. The smallest absolute Gasteiger partial charge is 0.133 e. The summed E-state index contributed by atoms with van der Waals surface area (Å²) in [5.41, 5.74) is 6.52. The molecule has 1 heterocycles. The average molecular weight is 298 g/mol. The number of H-pyrrole nitrogens is 1. The van der Waals surface area contributed by atoms with Gasteiger partial charge in [-0.25, -0.2) is 4.98 Å². The highest BCUT2D eigenvalue weighted by atomic mass is 32.1. The largest absolute Gasteiger partial charge is 0.347 e. The van der Waals surface area contributed by atoms with Crippen LogP contribution in [0, 0.1) is 18.5 Å². The Morgan fingerprint density at radius 2 is 1.76 bits per heavy atom. The van der Waals surface area contributed by atoms with E-state index in [4.69, 9.17) is 12.2 Å². The number of fused-ring (bicyclic) bond motifs is 1. The van der Waals surface area contributed by atoms with Crippen LogP contribution in [-0.2, 0) is 19.3 Å². The molecular formula is C18H22N2S. The maximum absolute atomic E-state index is 5.52. The van der Waals surface area contributed by atoms with Crippen molar-refractivity contribution in [1.29, 1.82) is 0 Å². The number of nitrogens with one attached hydrogen (secondary N) is 1. The van der Waals surface area contributed by atoms with Crippen molar-refractivity contribution in [3.63, 3.8) is 0 Å². The highest BCUT2D eigenvalue weighted by Gasteiger charge is 2.12. The van der Waals surface area contributed by atoms with Crippen LogP contribution in [0.1, 0.15) is 53.0 Å². The summed E-state index contributed by atoms with van der Waals surface area (Å²) < 4.78 is 0.810. The van der Waals surface area contributed by atoms with E-state index >= 15 is 0 Å². The number of nitrogens with zero attached hydrogens (tertiary/aromatic N) is 1. The lowest BCUT2D eigenvalue weighted by molar-refractivity contribution is 0.708. The first kappa shape index (κ1) is 14.5. The van der Waals surface area contributed by atoms with Crippen molar-refractivity contribution < 1.29 is 0 Å². The van der Waals surface area contributed by atoms with E-state index in [0.717, 1.165) is 29.7 Å². The molecule has 0 saturated heterocycles. The zero-order chi connectivity index (χ0) is 14.8. The van der Waals surface area contributed by atoms with E-state index in [-0.39, 0.29) is 0 Å². The van der Waals surface area contributed by atoms with Crippen LogP contribution in [0.3, 0.4) is 0 Å². The fourth-order valence-corrected chi connectivity index (χ4v) is 3.63. The summed E-state index contributed by atoms with van der Waals surface area (Å²) in [6, 6.07) is 6.67. The summed E-state index contributed by atoms with van der Waals surface area (Å²) in [7, 11) is 0. The van der Waals surface area contributed by atoms with E-state index in [1.54, 1.807) is 0 Å². The summed E-state index contributed by atoms with van der Waals surface area (Å²) in [4.78, 5) is 8.20. The molecule has 3 rings (SSSR count). The molecule has 0 radical (unpaired) electrons. The number of aromatic nitrogens is 2. The van der Waals surface area contributed by atoms with Gasteiger partial charge in [0.15, 0.2) is 0 Å². The molecule has 0 fully saturated rings. The van der Waals surface area contributed by atoms with Gasteiger partial charge in [-0.2, -0.15) is 0 Å². The molecule has 2 nitrogen and oxygen atoms in total. The van der Waals surface area contributed by atoms with Gasteiger partial charge in [0, 0.05) is 17.7 Å². The summed E-state index contributed by atoms with van der Waals surface area (Å²) in [6.07, 6.45) is 6.82. The Morgan fingerprint density at radius 1 is 1.05 bits per heavy atom. The van der Waals surface area contributed by atoms with Gasteiger partial charge in [-0.15, -0.1) is 0 Å². The van der Waals surface area contributed by atoms with Crippen molar-refractivity contribution in [2.24, 2.45) is 0 Å². The van der Waals surface area contributed by atoms with E-state index in [1.165, 1.54) is 47.2 Å². The molecule has 0 spiro atoms.